The summed E-state index contributed by atoms with van der Waals surface area (Å²) in [5.74, 6) is 1.06. The molecule has 31 heavy (non-hydrogen) atoms. The van der Waals surface area contributed by atoms with Gasteiger partial charge in [-0.2, -0.15) is 5.10 Å². The first-order valence-corrected chi connectivity index (χ1v) is 10.7. The number of carbonyl (C=O) groups is 1. The Morgan fingerprint density at radius 2 is 2.00 bits per heavy atom. The number of aromatic nitrogens is 5. The van der Waals surface area contributed by atoms with Gasteiger partial charge in [0.05, 0.1) is 11.3 Å². The molecule has 0 spiro atoms. The maximum Gasteiger partial charge on any atom is 0.253 e. The van der Waals surface area contributed by atoms with Crippen molar-refractivity contribution in [2.45, 2.75) is 31.2 Å². The number of para-hydroxylation sites is 1. The Balaban J connectivity index is 1.25. The molecule has 1 amide bonds. The highest BCUT2D eigenvalue weighted by Gasteiger charge is 2.27. The second-order valence-corrected chi connectivity index (χ2v) is 7.93. The van der Waals surface area contributed by atoms with Gasteiger partial charge in [-0.25, -0.2) is 19.6 Å². The van der Waals surface area contributed by atoms with E-state index in [0.717, 1.165) is 50.7 Å². The molecule has 2 aromatic heterocycles. The van der Waals surface area contributed by atoms with E-state index in [4.69, 9.17) is 9.72 Å². The predicted octanol–water partition coefficient (Wildman–Crippen LogP) is 1.96. The van der Waals surface area contributed by atoms with E-state index in [1.165, 1.54) is 6.33 Å². The van der Waals surface area contributed by atoms with Crippen LogP contribution in [0.1, 0.15) is 41.2 Å². The predicted molar refractivity (Wildman–Crippen MR) is 114 cm³/mol. The molecule has 1 N–H and O–H groups in total. The molecule has 1 atom stereocenters. The zero-order valence-electron chi connectivity index (χ0n) is 17.2. The van der Waals surface area contributed by atoms with Gasteiger partial charge in [0.15, 0.2) is 0 Å². The second kappa shape index (κ2) is 8.81. The van der Waals surface area contributed by atoms with Crippen molar-refractivity contribution in [3.8, 4) is 5.69 Å². The Hall–Kier alpha value is -3.33. The molecule has 9 heteroatoms. The summed E-state index contributed by atoms with van der Waals surface area (Å²) in [5, 5.41) is 7.31. The fraction of sp³-hybridized carbons (Fsp3) is 0.409. The highest BCUT2D eigenvalue weighted by atomic mass is 16.5. The van der Waals surface area contributed by atoms with Gasteiger partial charge in [0, 0.05) is 50.2 Å². The van der Waals surface area contributed by atoms with Crippen LogP contribution in [0.25, 0.3) is 5.69 Å². The van der Waals surface area contributed by atoms with Crippen LogP contribution < -0.4 is 10.2 Å². The molecule has 0 radical (unpaired) electrons. The van der Waals surface area contributed by atoms with Crippen LogP contribution in [0.2, 0.25) is 0 Å². The first-order chi connectivity index (χ1) is 15.3. The van der Waals surface area contributed by atoms with E-state index in [9.17, 15) is 4.79 Å². The summed E-state index contributed by atoms with van der Waals surface area (Å²) in [4.78, 5) is 28.4. The molecule has 1 aromatic carbocycles. The number of nitrogens with zero attached hydrogens (tertiary/aromatic N) is 6. The Morgan fingerprint density at radius 1 is 1.13 bits per heavy atom. The molecule has 2 aliphatic rings. The summed E-state index contributed by atoms with van der Waals surface area (Å²) in [6, 6.07) is 9.45. The Labute approximate surface area is 180 Å². The van der Waals surface area contributed by atoms with E-state index in [1.807, 2.05) is 30.5 Å². The lowest BCUT2D eigenvalue weighted by Crippen LogP contribution is -2.37. The van der Waals surface area contributed by atoms with Crippen LogP contribution in [0.3, 0.4) is 0 Å². The van der Waals surface area contributed by atoms with Gasteiger partial charge < -0.3 is 15.0 Å². The first kappa shape index (κ1) is 19.6. The quantitative estimate of drug-likeness (QED) is 0.675. The summed E-state index contributed by atoms with van der Waals surface area (Å²) in [7, 11) is 0. The molecular formula is C22H25N7O2. The zero-order chi connectivity index (χ0) is 21.0. The van der Waals surface area contributed by atoms with Crippen molar-refractivity contribution in [1.29, 1.82) is 0 Å². The number of nitrogens with one attached hydrogen (secondary N) is 1. The summed E-state index contributed by atoms with van der Waals surface area (Å²) in [6.45, 7) is 3.08. The van der Waals surface area contributed by atoms with E-state index in [1.54, 1.807) is 17.1 Å². The largest absolute Gasteiger partial charge is 0.381 e. The van der Waals surface area contributed by atoms with Crippen LogP contribution in [0, 0.1) is 0 Å². The SMILES string of the molecule is O=C(NC1CCN(c2nccc(C3CCOCC3)n2)C1)c1ccccc1-n1cncn1. The topological polar surface area (TPSA) is 98.1 Å². The molecule has 0 aliphatic carbocycles. The van der Waals surface area contributed by atoms with E-state index in [-0.39, 0.29) is 11.9 Å². The number of rotatable bonds is 5. The summed E-state index contributed by atoms with van der Waals surface area (Å²) < 4.78 is 7.07. The lowest BCUT2D eigenvalue weighted by molar-refractivity contribution is 0.0845. The van der Waals surface area contributed by atoms with Crippen LogP contribution in [-0.4, -0.2) is 63.0 Å². The van der Waals surface area contributed by atoms with Crippen molar-refractivity contribution < 1.29 is 9.53 Å². The number of hydrogen-bond donors (Lipinski definition) is 1. The molecule has 4 heterocycles. The van der Waals surface area contributed by atoms with Crippen LogP contribution in [0.4, 0.5) is 5.95 Å². The number of hydrogen-bond acceptors (Lipinski definition) is 7. The number of amides is 1. The molecule has 1 unspecified atom stereocenters. The molecule has 2 aliphatic heterocycles. The average Bonchev–Trinajstić information content (AvgIpc) is 3.52. The van der Waals surface area contributed by atoms with Crippen LogP contribution >= 0.6 is 0 Å². The van der Waals surface area contributed by atoms with E-state index in [2.05, 4.69) is 25.3 Å². The number of ether oxygens (including phenoxy) is 1. The summed E-state index contributed by atoms with van der Waals surface area (Å²) in [5.41, 5.74) is 2.37. The van der Waals surface area contributed by atoms with Gasteiger partial charge >= 0.3 is 0 Å². The van der Waals surface area contributed by atoms with Crippen molar-refractivity contribution in [3.05, 3.63) is 60.4 Å². The van der Waals surface area contributed by atoms with Crippen molar-refractivity contribution >= 4 is 11.9 Å². The molecule has 160 valence electrons. The smallest absolute Gasteiger partial charge is 0.253 e. The minimum Gasteiger partial charge on any atom is -0.381 e. The molecular weight excluding hydrogens is 394 g/mol. The third-order valence-corrected chi connectivity index (χ3v) is 5.92. The molecule has 2 saturated heterocycles. The molecule has 2 fully saturated rings. The minimum atomic E-state index is -0.116. The minimum absolute atomic E-state index is 0.0339. The number of anilines is 1. The van der Waals surface area contributed by atoms with Crippen LogP contribution in [0.5, 0.6) is 0 Å². The first-order valence-electron chi connectivity index (χ1n) is 10.7. The highest BCUT2D eigenvalue weighted by Crippen LogP contribution is 2.27. The van der Waals surface area contributed by atoms with Gasteiger partial charge in [-0.3, -0.25) is 4.79 Å². The van der Waals surface area contributed by atoms with Crippen LogP contribution in [-0.2, 0) is 4.74 Å². The monoisotopic (exact) mass is 419 g/mol. The average molecular weight is 419 g/mol. The van der Waals surface area contributed by atoms with E-state index >= 15 is 0 Å². The molecule has 0 saturated carbocycles. The lowest BCUT2D eigenvalue weighted by atomic mass is 9.96. The standard InChI is InChI=1S/C22H25N7O2/c30-21(18-3-1-2-4-20(18)29-15-23-14-25-29)26-17-6-10-28(13-17)22-24-9-5-19(27-22)16-7-11-31-12-8-16/h1-5,9,14-17H,6-8,10-13H2,(H,26,30). The van der Waals surface area contributed by atoms with Gasteiger partial charge in [0.1, 0.15) is 12.7 Å². The van der Waals surface area contributed by atoms with Crippen molar-refractivity contribution in [1.82, 2.24) is 30.0 Å². The fourth-order valence-corrected chi connectivity index (χ4v) is 4.26. The molecule has 5 rings (SSSR count). The zero-order valence-corrected chi connectivity index (χ0v) is 17.2. The highest BCUT2D eigenvalue weighted by molar-refractivity contribution is 5.98. The van der Waals surface area contributed by atoms with Gasteiger partial charge in [-0.05, 0) is 37.5 Å². The van der Waals surface area contributed by atoms with E-state index < -0.39 is 0 Å². The van der Waals surface area contributed by atoms with Gasteiger partial charge in [0.2, 0.25) is 5.95 Å². The van der Waals surface area contributed by atoms with Gasteiger partial charge in [-0.1, -0.05) is 12.1 Å². The Kier molecular flexibility index (Phi) is 5.57. The van der Waals surface area contributed by atoms with Gasteiger partial charge in [-0.15, -0.1) is 0 Å². The molecule has 0 bridgehead atoms. The third kappa shape index (κ3) is 4.27. The van der Waals surface area contributed by atoms with Crippen molar-refractivity contribution in [2.75, 3.05) is 31.2 Å². The Morgan fingerprint density at radius 3 is 2.84 bits per heavy atom. The number of carbonyl (C=O) groups excluding carboxylic acids is 1. The number of benzene rings is 1. The maximum absolute atomic E-state index is 13.0. The van der Waals surface area contributed by atoms with Gasteiger partial charge in [0.25, 0.3) is 5.91 Å². The Bertz CT molecular complexity index is 1030. The molecule has 9 nitrogen and oxygen atoms in total. The maximum atomic E-state index is 13.0. The lowest BCUT2D eigenvalue weighted by Gasteiger charge is -2.23. The molecule has 3 aromatic rings. The summed E-state index contributed by atoms with van der Waals surface area (Å²) >= 11 is 0. The van der Waals surface area contributed by atoms with E-state index in [0.29, 0.717) is 23.7 Å². The fourth-order valence-electron chi connectivity index (χ4n) is 4.26. The third-order valence-electron chi connectivity index (χ3n) is 5.92. The second-order valence-electron chi connectivity index (χ2n) is 7.93. The van der Waals surface area contributed by atoms with Crippen molar-refractivity contribution in [3.63, 3.8) is 0 Å². The van der Waals surface area contributed by atoms with Crippen LogP contribution in [0.15, 0.2) is 49.2 Å². The van der Waals surface area contributed by atoms with Crippen molar-refractivity contribution in [2.24, 2.45) is 0 Å². The summed E-state index contributed by atoms with van der Waals surface area (Å²) in [6.07, 6.45) is 7.74. The normalized spacial score (nSPS) is 19.5.